The molecule has 0 aliphatic rings. The summed E-state index contributed by atoms with van der Waals surface area (Å²) < 4.78 is 1.72. The SMILES string of the molecule is O=C(O)CCCCCCNC(=O)NCCCn1ccnn1. The average Bonchev–Trinajstić information content (AvgIpc) is 2.95. The van der Waals surface area contributed by atoms with Crippen LogP contribution in [0.4, 0.5) is 4.79 Å². The normalized spacial score (nSPS) is 10.3. The molecule has 1 aromatic rings. The summed E-state index contributed by atoms with van der Waals surface area (Å²) in [4.78, 5) is 21.8. The molecule has 0 saturated carbocycles. The molecule has 0 unspecified atom stereocenters. The zero-order valence-corrected chi connectivity index (χ0v) is 12.1. The van der Waals surface area contributed by atoms with Crippen molar-refractivity contribution < 1.29 is 14.7 Å². The van der Waals surface area contributed by atoms with E-state index in [1.165, 1.54) is 0 Å². The summed E-state index contributed by atoms with van der Waals surface area (Å²) in [6.07, 6.45) is 7.80. The van der Waals surface area contributed by atoms with Crippen LogP contribution in [0.15, 0.2) is 12.4 Å². The van der Waals surface area contributed by atoms with Crippen LogP contribution >= 0.6 is 0 Å². The number of hydrogen-bond donors (Lipinski definition) is 3. The molecule has 0 atom stereocenters. The van der Waals surface area contributed by atoms with Crippen LogP contribution in [0.1, 0.15) is 38.5 Å². The van der Waals surface area contributed by atoms with Gasteiger partial charge in [0.25, 0.3) is 0 Å². The van der Waals surface area contributed by atoms with Gasteiger partial charge in [0.1, 0.15) is 0 Å². The molecule has 0 fully saturated rings. The smallest absolute Gasteiger partial charge is 0.314 e. The Labute approximate surface area is 123 Å². The average molecular weight is 297 g/mol. The number of carbonyl (C=O) groups is 2. The molecule has 0 aliphatic carbocycles. The van der Waals surface area contributed by atoms with Gasteiger partial charge in [-0.05, 0) is 19.3 Å². The van der Waals surface area contributed by atoms with E-state index >= 15 is 0 Å². The van der Waals surface area contributed by atoms with Crippen LogP contribution < -0.4 is 10.6 Å². The van der Waals surface area contributed by atoms with Crippen molar-refractivity contribution in [2.75, 3.05) is 13.1 Å². The topological polar surface area (TPSA) is 109 Å². The lowest BCUT2D eigenvalue weighted by Crippen LogP contribution is -2.36. The molecule has 0 radical (unpaired) electrons. The Morgan fingerprint density at radius 3 is 2.43 bits per heavy atom. The molecule has 8 nitrogen and oxygen atoms in total. The van der Waals surface area contributed by atoms with Gasteiger partial charge in [0.2, 0.25) is 0 Å². The second-order valence-electron chi connectivity index (χ2n) is 4.76. The predicted molar refractivity (Wildman–Crippen MR) is 76.8 cm³/mol. The number of carboxylic acids is 1. The molecule has 0 aliphatic heterocycles. The molecule has 0 spiro atoms. The predicted octanol–water partition coefficient (Wildman–Crippen LogP) is 1.00. The van der Waals surface area contributed by atoms with E-state index in [0.29, 0.717) is 19.5 Å². The Morgan fingerprint density at radius 1 is 1.05 bits per heavy atom. The lowest BCUT2D eigenvalue weighted by Gasteiger charge is -2.07. The molecular formula is C13H23N5O3. The van der Waals surface area contributed by atoms with Crippen LogP contribution in [0, 0.1) is 0 Å². The Morgan fingerprint density at radius 2 is 1.76 bits per heavy atom. The fraction of sp³-hybridized carbons (Fsp3) is 0.692. The van der Waals surface area contributed by atoms with Crippen LogP contribution in [-0.2, 0) is 11.3 Å². The lowest BCUT2D eigenvalue weighted by atomic mass is 10.1. The second-order valence-corrected chi connectivity index (χ2v) is 4.76. The third kappa shape index (κ3) is 9.42. The maximum atomic E-state index is 11.4. The van der Waals surface area contributed by atoms with Gasteiger partial charge in [-0.3, -0.25) is 9.48 Å². The van der Waals surface area contributed by atoms with Gasteiger partial charge in [-0.1, -0.05) is 18.1 Å². The van der Waals surface area contributed by atoms with Gasteiger partial charge in [0.05, 0.1) is 6.20 Å². The van der Waals surface area contributed by atoms with Crippen LogP contribution in [0.5, 0.6) is 0 Å². The molecule has 0 bridgehead atoms. The summed E-state index contributed by atoms with van der Waals surface area (Å²) in [5.74, 6) is -0.751. The summed E-state index contributed by atoms with van der Waals surface area (Å²) in [5, 5.41) is 21.6. The van der Waals surface area contributed by atoms with E-state index in [9.17, 15) is 9.59 Å². The standard InChI is InChI=1S/C13H23N5O3/c19-12(20)6-3-1-2-4-7-14-13(21)15-8-5-10-18-11-9-16-17-18/h9,11H,1-8,10H2,(H,19,20)(H2,14,15,21). The highest BCUT2D eigenvalue weighted by Gasteiger charge is 2.00. The van der Waals surface area contributed by atoms with Crippen molar-refractivity contribution >= 4 is 12.0 Å². The highest BCUT2D eigenvalue weighted by molar-refractivity contribution is 5.73. The molecule has 0 aromatic carbocycles. The number of unbranched alkanes of at least 4 members (excludes halogenated alkanes) is 3. The number of nitrogens with one attached hydrogen (secondary N) is 2. The molecule has 1 aromatic heterocycles. The molecule has 8 heteroatoms. The summed E-state index contributed by atoms with van der Waals surface area (Å²) in [7, 11) is 0. The van der Waals surface area contributed by atoms with Crippen molar-refractivity contribution in [1.82, 2.24) is 25.6 Å². The van der Waals surface area contributed by atoms with Gasteiger partial charge in [-0.15, -0.1) is 5.10 Å². The molecule has 3 N–H and O–H groups in total. The number of carboxylic acid groups (broad SMARTS) is 1. The monoisotopic (exact) mass is 297 g/mol. The largest absolute Gasteiger partial charge is 0.481 e. The second kappa shape index (κ2) is 10.6. The Balaban J connectivity index is 1.86. The molecule has 21 heavy (non-hydrogen) atoms. The lowest BCUT2D eigenvalue weighted by molar-refractivity contribution is -0.137. The highest BCUT2D eigenvalue weighted by Crippen LogP contribution is 2.01. The third-order valence-electron chi connectivity index (χ3n) is 2.92. The van der Waals surface area contributed by atoms with Gasteiger partial charge in [-0.2, -0.15) is 0 Å². The molecular weight excluding hydrogens is 274 g/mol. The Kier molecular flexibility index (Phi) is 8.58. The van der Waals surface area contributed by atoms with Crippen molar-refractivity contribution in [3.8, 4) is 0 Å². The Hall–Kier alpha value is -2.12. The first-order valence-electron chi connectivity index (χ1n) is 7.26. The number of nitrogens with zero attached hydrogens (tertiary/aromatic N) is 3. The van der Waals surface area contributed by atoms with Crippen LogP contribution in [0.3, 0.4) is 0 Å². The maximum Gasteiger partial charge on any atom is 0.314 e. The molecule has 1 rings (SSSR count). The van der Waals surface area contributed by atoms with E-state index < -0.39 is 5.97 Å². The molecule has 1 heterocycles. The van der Waals surface area contributed by atoms with Gasteiger partial charge < -0.3 is 15.7 Å². The van der Waals surface area contributed by atoms with E-state index in [2.05, 4.69) is 20.9 Å². The number of amides is 2. The number of hydrogen-bond acceptors (Lipinski definition) is 4. The summed E-state index contributed by atoms with van der Waals surface area (Å²) in [6.45, 7) is 1.93. The highest BCUT2D eigenvalue weighted by atomic mass is 16.4. The number of aromatic nitrogens is 3. The van der Waals surface area contributed by atoms with Crippen molar-refractivity contribution in [2.24, 2.45) is 0 Å². The Bertz CT molecular complexity index is 408. The number of carbonyl (C=O) groups excluding carboxylic acids is 1. The zero-order chi connectivity index (χ0) is 15.3. The van der Waals surface area contributed by atoms with Crippen LogP contribution in [0.2, 0.25) is 0 Å². The minimum Gasteiger partial charge on any atom is -0.481 e. The van der Waals surface area contributed by atoms with Gasteiger partial charge in [0.15, 0.2) is 0 Å². The van der Waals surface area contributed by atoms with Gasteiger partial charge >= 0.3 is 12.0 Å². The van der Waals surface area contributed by atoms with E-state index in [4.69, 9.17) is 5.11 Å². The van der Waals surface area contributed by atoms with Crippen molar-refractivity contribution in [2.45, 2.75) is 45.1 Å². The zero-order valence-electron chi connectivity index (χ0n) is 12.1. The minimum absolute atomic E-state index is 0.167. The number of rotatable bonds is 11. The van der Waals surface area contributed by atoms with Crippen molar-refractivity contribution in [1.29, 1.82) is 0 Å². The summed E-state index contributed by atoms with van der Waals surface area (Å²) in [5.41, 5.74) is 0. The quantitative estimate of drug-likeness (QED) is 0.528. The molecule has 118 valence electrons. The van der Waals surface area contributed by atoms with Gasteiger partial charge in [-0.25, -0.2) is 4.79 Å². The van der Waals surface area contributed by atoms with Crippen LogP contribution in [0.25, 0.3) is 0 Å². The molecule has 2 amide bonds. The molecule has 0 saturated heterocycles. The van der Waals surface area contributed by atoms with E-state index in [1.807, 2.05) is 0 Å². The van der Waals surface area contributed by atoms with Crippen LogP contribution in [-0.4, -0.2) is 45.2 Å². The fourth-order valence-electron chi connectivity index (χ4n) is 1.81. The first kappa shape index (κ1) is 16.9. The summed E-state index contributed by atoms with van der Waals surface area (Å²) >= 11 is 0. The van der Waals surface area contributed by atoms with Crippen molar-refractivity contribution in [3.05, 3.63) is 12.4 Å². The number of urea groups is 1. The summed E-state index contributed by atoms with van der Waals surface area (Å²) in [6, 6.07) is -0.167. The third-order valence-corrected chi connectivity index (χ3v) is 2.92. The van der Waals surface area contributed by atoms with E-state index in [-0.39, 0.29) is 12.5 Å². The fourth-order valence-corrected chi connectivity index (χ4v) is 1.81. The number of aryl methyl sites for hydroxylation is 1. The van der Waals surface area contributed by atoms with Gasteiger partial charge in [0, 0.05) is 32.3 Å². The van der Waals surface area contributed by atoms with Crippen molar-refractivity contribution in [3.63, 3.8) is 0 Å². The number of aliphatic carboxylic acids is 1. The van der Waals surface area contributed by atoms with E-state index in [1.54, 1.807) is 17.1 Å². The maximum absolute atomic E-state index is 11.4. The van der Waals surface area contributed by atoms with E-state index in [0.717, 1.165) is 32.2 Å². The minimum atomic E-state index is -0.751. The first-order chi connectivity index (χ1) is 10.2. The first-order valence-corrected chi connectivity index (χ1v) is 7.26.